The number of hydrogen-bond donors (Lipinski definition) is 1. The normalized spacial score (nSPS) is 11.2. The third-order valence-electron chi connectivity index (χ3n) is 3.56. The highest BCUT2D eigenvalue weighted by Gasteiger charge is 2.14. The maximum absolute atomic E-state index is 13.6. The van der Waals surface area contributed by atoms with Crippen LogP contribution in [0, 0.1) is 11.6 Å². The molecule has 0 saturated heterocycles. The largest absolute Gasteiger partial charge is 0.494 e. The highest BCUT2D eigenvalue weighted by molar-refractivity contribution is 6.02. The Morgan fingerprint density at radius 1 is 1.19 bits per heavy atom. The summed E-state index contributed by atoms with van der Waals surface area (Å²) in [4.78, 5) is 16.8. The van der Waals surface area contributed by atoms with Crippen molar-refractivity contribution in [1.82, 2.24) is 4.90 Å². The number of amidine groups is 1. The number of nitrogens with zero attached hydrogens (tertiary/aromatic N) is 2. The highest BCUT2D eigenvalue weighted by atomic mass is 19.1. The van der Waals surface area contributed by atoms with Gasteiger partial charge in [-0.2, -0.15) is 0 Å². The van der Waals surface area contributed by atoms with Crippen molar-refractivity contribution in [2.24, 2.45) is 4.99 Å². The number of carboxylic acid groups (broad SMARTS) is 1. The van der Waals surface area contributed by atoms with Crippen molar-refractivity contribution < 1.29 is 23.4 Å². The maximum Gasteiger partial charge on any atom is 0.323 e. The first kappa shape index (κ1) is 19.1. The molecule has 0 unspecified atom stereocenters. The van der Waals surface area contributed by atoms with E-state index in [9.17, 15) is 13.6 Å². The van der Waals surface area contributed by atoms with E-state index in [1.54, 1.807) is 7.05 Å². The SMILES string of the molecule is C=C(N=C(c1ccc(F)cc1)N(C)CC(=O)O)c1ccc(F)c(OC)c1. The molecule has 0 saturated carbocycles. The molecule has 5 nitrogen and oxygen atoms in total. The van der Waals surface area contributed by atoms with Gasteiger partial charge in [-0.3, -0.25) is 4.79 Å². The summed E-state index contributed by atoms with van der Waals surface area (Å²) in [6.45, 7) is 3.55. The van der Waals surface area contributed by atoms with Gasteiger partial charge in [-0.05, 0) is 42.5 Å². The van der Waals surface area contributed by atoms with Gasteiger partial charge in [0.1, 0.15) is 18.2 Å². The van der Waals surface area contributed by atoms with Crippen LogP contribution >= 0.6 is 0 Å². The molecule has 0 fully saturated rings. The summed E-state index contributed by atoms with van der Waals surface area (Å²) in [6, 6.07) is 9.65. The molecule has 0 atom stereocenters. The van der Waals surface area contributed by atoms with Gasteiger partial charge in [0.25, 0.3) is 0 Å². The van der Waals surface area contributed by atoms with E-state index in [2.05, 4.69) is 11.6 Å². The highest BCUT2D eigenvalue weighted by Crippen LogP contribution is 2.24. The molecule has 0 amide bonds. The fourth-order valence-electron chi connectivity index (χ4n) is 2.28. The van der Waals surface area contributed by atoms with E-state index in [4.69, 9.17) is 9.84 Å². The van der Waals surface area contributed by atoms with Crippen LogP contribution in [0.15, 0.2) is 54.0 Å². The first-order valence-corrected chi connectivity index (χ1v) is 7.62. The smallest absolute Gasteiger partial charge is 0.323 e. The molecule has 0 aliphatic rings. The summed E-state index contributed by atoms with van der Waals surface area (Å²) in [6.07, 6.45) is 0. The molecule has 0 aliphatic carbocycles. The third-order valence-corrected chi connectivity index (χ3v) is 3.56. The fourth-order valence-corrected chi connectivity index (χ4v) is 2.28. The maximum atomic E-state index is 13.6. The lowest BCUT2D eigenvalue weighted by atomic mass is 10.1. The molecule has 0 bridgehead atoms. The number of benzene rings is 2. The number of carbonyl (C=O) groups is 1. The molecule has 0 radical (unpaired) electrons. The second-order valence-corrected chi connectivity index (χ2v) is 5.49. The molecule has 26 heavy (non-hydrogen) atoms. The van der Waals surface area contributed by atoms with Gasteiger partial charge < -0.3 is 14.7 Å². The van der Waals surface area contributed by atoms with Crippen molar-refractivity contribution in [1.29, 1.82) is 0 Å². The minimum absolute atomic E-state index is 0.0427. The first-order valence-electron chi connectivity index (χ1n) is 7.62. The second-order valence-electron chi connectivity index (χ2n) is 5.49. The summed E-state index contributed by atoms with van der Waals surface area (Å²) in [5.41, 5.74) is 1.30. The predicted octanol–water partition coefficient (Wildman–Crippen LogP) is 3.41. The lowest BCUT2D eigenvalue weighted by molar-refractivity contribution is -0.137. The van der Waals surface area contributed by atoms with Crippen LogP contribution in [0.25, 0.3) is 5.70 Å². The molecular formula is C19H18F2N2O3. The Hall–Kier alpha value is -3.22. The minimum atomic E-state index is -1.05. The van der Waals surface area contributed by atoms with Crippen LogP contribution in [0.5, 0.6) is 5.75 Å². The number of likely N-dealkylation sites (N-methyl/N-ethyl adjacent to an activating group) is 1. The number of aliphatic imine (C=N–C) groups is 1. The molecule has 0 aromatic heterocycles. The predicted molar refractivity (Wildman–Crippen MR) is 95.2 cm³/mol. The van der Waals surface area contributed by atoms with Crippen LogP contribution in [0.1, 0.15) is 11.1 Å². The monoisotopic (exact) mass is 360 g/mol. The van der Waals surface area contributed by atoms with Gasteiger partial charge in [0.05, 0.1) is 12.8 Å². The molecule has 1 N–H and O–H groups in total. The summed E-state index contributed by atoms with van der Waals surface area (Å²) < 4.78 is 31.7. The van der Waals surface area contributed by atoms with Gasteiger partial charge in [-0.15, -0.1) is 0 Å². The van der Waals surface area contributed by atoms with Crippen molar-refractivity contribution in [3.05, 3.63) is 71.8 Å². The van der Waals surface area contributed by atoms with E-state index >= 15 is 0 Å². The quantitative estimate of drug-likeness (QED) is 0.633. The number of ether oxygens (including phenoxy) is 1. The van der Waals surface area contributed by atoms with Crippen LogP contribution in [-0.4, -0.2) is 42.5 Å². The van der Waals surface area contributed by atoms with Crippen LogP contribution < -0.4 is 4.74 Å². The van der Waals surface area contributed by atoms with E-state index in [0.29, 0.717) is 17.0 Å². The zero-order valence-electron chi connectivity index (χ0n) is 14.4. The average Bonchev–Trinajstić information content (AvgIpc) is 2.60. The standard InChI is InChI=1S/C19H18F2N2O3/c1-12(14-6-9-16(21)17(10-14)26-3)22-19(23(2)11-18(24)25)13-4-7-15(20)8-5-13/h4-10H,1,11H2,2-3H3,(H,24,25). The van der Waals surface area contributed by atoms with E-state index in [1.807, 2.05) is 0 Å². The Labute approximate surface area is 149 Å². The van der Waals surface area contributed by atoms with E-state index < -0.39 is 17.6 Å². The molecule has 2 aromatic rings. The van der Waals surface area contributed by atoms with Gasteiger partial charge in [-0.25, -0.2) is 13.8 Å². The zero-order chi connectivity index (χ0) is 19.3. The average molecular weight is 360 g/mol. The summed E-state index contributed by atoms with van der Waals surface area (Å²) in [7, 11) is 2.90. The van der Waals surface area contributed by atoms with Crippen molar-refractivity contribution in [2.45, 2.75) is 0 Å². The number of hydrogen-bond acceptors (Lipinski definition) is 3. The number of aliphatic carboxylic acids is 1. The van der Waals surface area contributed by atoms with Crippen molar-refractivity contribution >= 4 is 17.5 Å². The Morgan fingerprint density at radius 2 is 1.81 bits per heavy atom. The van der Waals surface area contributed by atoms with Crippen LogP contribution in [0.2, 0.25) is 0 Å². The van der Waals surface area contributed by atoms with Gasteiger partial charge in [0.2, 0.25) is 0 Å². The second kappa shape index (κ2) is 8.24. The topological polar surface area (TPSA) is 62.1 Å². The molecule has 2 rings (SSSR count). The molecule has 2 aromatic carbocycles. The first-order chi connectivity index (χ1) is 12.3. The molecule has 136 valence electrons. The number of carboxylic acids is 1. The number of methoxy groups -OCH3 is 1. The van der Waals surface area contributed by atoms with Crippen molar-refractivity contribution in [2.75, 3.05) is 20.7 Å². The zero-order valence-corrected chi connectivity index (χ0v) is 14.4. The van der Waals surface area contributed by atoms with Gasteiger partial charge >= 0.3 is 5.97 Å². The van der Waals surface area contributed by atoms with Gasteiger partial charge in [-0.1, -0.05) is 6.58 Å². The lowest BCUT2D eigenvalue weighted by Crippen LogP contribution is -2.32. The number of rotatable bonds is 6. The summed E-state index contributed by atoms with van der Waals surface area (Å²) in [5.74, 6) is -1.65. The van der Waals surface area contributed by atoms with Gasteiger partial charge in [0, 0.05) is 18.2 Å². The van der Waals surface area contributed by atoms with Crippen LogP contribution in [0.3, 0.4) is 0 Å². The van der Waals surface area contributed by atoms with E-state index in [0.717, 1.165) is 0 Å². The fraction of sp³-hybridized carbons (Fsp3) is 0.158. The minimum Gasteiger partial charge on any atom is -0.494 e. The van der Waals surface area contributed by atoms with E-state index in [-0.39, 0.29) is 18.0 Å². The molecule has 7 heteroatoms. The molecule has 0 heterocycles. The Bertz CT molecular complexity index is 848. The van der Waals surface area contributed by atoms with Crippen molar-refractivity contribution in [3.63, 3.8) is 0 Å². The van der Waals surface area contributed by atoms with Crippen LogP contribution in [0.4, 0.5) is 8.78 Å². The van der Waals surface area contributed by atoms with Crippen molar-refractivity contribution in [3.8, 4) is 5.75 Å². The number of halogens is 2. The summed E-state index contributed by atoms with van der Waals surface area (Å²) >= 11 is 0. The molecule has 0 spiro atoms. The summed E-state index contributed by atoms with van der Waals surface area (Å²) in [5, 5.41) is 9.04. The Kier molecular flexibility index (Phi) is 6.06. The van der Waals surface area contributed by atoms with Crippen LogP contribution in [-0.2, 0) is 4.79 Å². The lowest BCUT2D eigenvalue weighted by Gasteiger charge is -2.20. The molecule has 0 aliphatic heterocycles. The third kappa shape index (κ3) is 4.66. The van der Waals surface area contributed by atoms with E-state index in [1.165, 1.54) is 54.5 Å². The Morgan fingerprint density at radius 3 is 2.38 bits per heavy atom. The Balaban J connectivity index is 2.44. The molecular weight excluding hydrogens is 342 g/mol. The van der Waals surface area contributed by atoms with Gasteiger partial charge in [0.15, 0.2) is 11.6 Å².